The van der Waals surface area contributed by atoms with Crippen LogP contribution in [0, 0.1) is 13.8 Å². The van der Waals surface area contributed by atoms with E-state index < -0.39 is 5.56 Å². The van der Waals surface area contributed by atoms with Crippen LogP contribution in [0.5, 0.6) is 0 Å². The molecule has 0 spiro atoms. The van der Waals surface area contributed by atoms with E-state index in [1.165, 1.54) is 22.8 Å². The maximum atomic E-state index is 12.4. The fourth-order valence-electron chi connectivity index (χ4n) is 2.29. The molecule has 0 aliphatic heterocycles. The fraction of sp³-hybridized carbons (Fsp3) is 0.267. The van der Waals surface area contributed by atoms with Gasteiger partial charge in [-0.1, -0.05) is 0 Å². The van der Waals surface area contributed by atoms with Crippen LogP contribution in [0.2, 0.25) is 0 Å². The molecule has 24 heavy (non-hydrogen) atoms. The molecule has 3 aromatic rings. The van der Waals surface area contributed by atoms with Gasteiger partial charge >= 0.3 is 0 Å². The van der Waals surface area contributed by atoms with E-state index in [4.69, 9.17) is 0 Å². The molecule has 0 fully saturated rings. The highest BCUT2D eigenvalue weighted by Gasteiger charge is 2.15. The third-order valence-electron chi connectivity index (χ3n) is 3.42. The van der Waals surface area contributed by atoms with Crippen LogP contribution in [0.4, 0.5) is 5.69 Å². The van der Waals surface area contributed by atoms with Crippen LogP contribution in [-0.4, -0.2) is 31.3 Å². The fourth-order valence-corrected chi connectivity index (χ4v) is 3.11. The Morgan fingerprint density at radius 2 is 2.08 bits per heavy atom. The Morgan fingerprint density at radius 3 is 2.75 bits per heavy atom. The number of anilines is 1. The summed E-state index contributed by atoms with van der Waals surface area (Å²) in [5, 5.41) is 7.14. The van der Waals surface area contributed by atoms with Crippen molar-refractivity contribution in [3.63, 3.8) is 0 Å². The van der Waals surface area contributed by atoms with Gasteiger partial charge in [0, 0.05) is 0 Å². The van der Waals surface area contributed by atoms with Crippen LogP contribution in [0.25, 0.3) is 5.78 Å². The minimum atomic E-state index is -0.416. The predicted molar refractivity (Wildman–Crippen MR) is 89.7 cm³/mol. The highest BCUT2D eigenvalue weighted by molar-refractivity contribution is 7.12. The van der Waals surface area contributed by atoms with Crippen LogP contribution < -0.4 is 10.9 Å². The van der Waals surface area contributed by atoms with E-state index in [2.05, 4.69) is 20.4 Å². The second-order valence-electron chi connectivity index (χ2n) is 5.42. The molecule has 1 amide bonds. The van der Waals surface area contributed by atoms with Crippen LogP contribution in [0.1, 0.15) is 33.7 Å². The molecule has 0 bridgehead atoms. The number of rotatable bonds is 4. The number of aryl methyl sites for hydroxylation is 2. The Morgan fingerprint density at radius 1 is 1.33 bits per heavy atom. The number of nitrogens with zero attached hydrogens (tertiary/aromatic N) is 3. The van der Waals surface area contributed by atoms with Crippen molar-refractivity contribution in [3.05, 3.63) is 43.8 Å². The van der Waals surface area contributed by atoms with Crippen LogP contribution in [0.3, 0.4) is 0 Å². The van der Waals surface area contributed by atoms with Gasteiger partial charge in [0.2, 0.25) is 5.91 Å². The lowest BCUT2D eigenvalue weighted by atomic mass is 10.2. The summed E-state index contributed by atoms with van der Waals surface area (Å²) in [5.41, 5.74) is 0.825. The highest BCUT2D eigenvalue weighted by atomic mass is 32.1. The molecule has 124 valence electrons. The normalized spacial score (nSPS) is 11.0. The van der Waals surface area contributed by atoms with Gasteiger partial charge < -0.3 is 5.32 Å². The lowest BCUT2D eigenvalue weighted by Gasteiger charge is -2.06. The van der Waals surface area contributed by atoms with E-state index in [0.29, 0.717) is 16.4 Å². The first-order valence-corrected chi connectivity index (χ1v) is 8.07. The molecule has 3 heterocycles. The van der Waals surface area contributed by atoms with Gasteiger partial charge in [0.05, 0.1) is 17.0 Å². The van der Waals surface area contributed by atoms with Gasteiger partial charge in [0.15, 0.2) is 5.78 Å². The smallest absolute Gasteiger partial charge is 0.298 e. The summed E-state index contributed by atoms with van der Waals surface area (Å²) in [7, 11) is 0. The van der Waals surface area contributed by atoms with Crippen LogP contribution in [-0.2, 0) is 11.2 Å². The number of aromatic amines is 1. The van der Waals surface area contributed by atoms with Crippen molar-refractivity contribution >= 4 is 34.5 Å². The van der Waals surface area contributed by atoms with Gasteiger partial charge in [-0.25, -0.2) is 4.98 Å². The lowest BCUT2D eigenvalue weighted by Crippen LogP contribution is -2.26. The molecule has 0 saturated carbocycles. The number of nitrogens with one attached hydrogen (secondary N) is 2. The molecular formula is C15H15N5O3S. The number of amides is 1. The summed E-state index contributed by atoms with van der Waals surface area (Å²) in [5.74, 6) is 0.431. The van der Waals surface area contributed by atoms with E-state index in [1.54, 1.807) is 25.3 Å². The maximum absolute atomic E-state index is 12.4. The SMILES string of the molecule is CC(=O)c1cc(CC(=O)Nc2c(C)nc3nc(C)[nH]n3c2=O)cs1. The average molecular weight is 345 g/mol. The topological polar surface area (TPSA) is 109 Å². The van der Waals surface area contributed by atoms with Gasteiger partial charge in [-0.3, -0.25) is 19.5 Å². The van der Waals surface area contributed by atoms with Gasteiger partial charge in [-0.15, -0.1) is 11.3 Å². The number of aromatic nitrogens is 4. The van der Waals surface area contributed by atoms with E-state index in [1.807, 2.05) is 0 Å². The van der Waals surface area contributed by atoms with E-state index in [-0.39, 0.29) is 29.6 Å². The largest absolute Gasteiger partial charge is 0.320 e. The molecule has 3 aromatic heterocycles. The molecule has 0 aliphatic carbocycles. The monoisotopic (exact) mass is 345 g/mol. The number of thiophene rings is 1. The molecule has 0 aliphatic rings. The number of H-pyrrole nitrogens is 1. The van der Waals surface area contributed by atoms with Crippen LogP contribution >= 0.6 is 11.3 Å². The van der Waals surface area contributed by atoms with E-state index in [0.717, 1.165) is 5.56 Å². The first-order valence-electron chi connectivity index (χ1n) is 7.19. The van der Waals surface area contributed by atoms with Gasteiger partial charge in [-0.2, -0.15) is 9.50 Å². The second kappa shape index (κ2) is 6.00. The molecule has 9 heteroatoms. The Bertz CT molecular complexity index is 1010. The van der Waals surface area contributed by atoms with Crippen molar-refractivity contribution in [1.29, 1.82) is 0 Å². The van der Waals surface area contributed by atoms with Crippen molar-refractivity contribution < 1.29 is 9.59 Å². The minimum absolute atomic E-state index is 0.0370. The van der Waals surface area contributed by atoms with Crippen molar-refractivity contribution in [2.24, 2.45) is 0 Å². The third kappa shape index (κ3) is 2.98. The maximum Gasteiger partial charge on any atom is 0.298 e. The number of carbonyl (C=O) groups excluding carboxylic acids is 2. The number of Topliss-reactive ketones (excluding diaryl/α,β-unsaturated/α-hetero) is 1. The van der Waals surface area contributed by atoms with Crippen molar-refractivity contribution in [1.82, 2.24) is 19.6 Å². The quantitative estimate of drug-likeness (QED) is 0.696. The van der Waals surface area contributed by atoms with Gasteiger partial charge in [-0.05, 0) is 37.8 Å². The summed E-state index contributed by atoms with van der Waals surface area (Å²) in [6.07, 6.45) is 0.0768. The Hall–Kier alpha value is -2.81. The zero-order valence-corrected chi connectivity index (χ0v) is 14.2. The Kier molecular flexibility index (Phi) is 4.02. The summed E-state index contributed by atoms with van der Waals surface area (Å²) in [6.45, 7) is 4.83. The molecular weight excluding hydrogens is 330 g/mol. The molecule has 0 unspecified atom stereocenters. The lowest BCUT2D eigenvalue weighted by molar-refractivity contribution is -0.115. The first kappa shape index (κ1) is 16.1. The molecule has 0 radical (unpaired) electrons. The number of carbonyl (C=O) groups is 2. The Labute approximate surface area is 140 Å². The number of hydrogen-bond acceptors (Lipinski definition) is 6. The van der Waals surface area contributed by atoms with E-state index in [9.17, 15) is 14.4 Å². The molecule has 0 saturated heterocycles. The van der Waals surface area contributed by atoms with Gasteiger partial charge in [0.25, 0.3) is 11.3 Å². The van der Waals surface area contributed by atoms with Crippen molar-refractivity contribution in [2.45, 2.75) is 27.2 Å². The molecule has 0 atom stereocenters. The Balaban J connectivity index is 1.84. The molecule has 2 N–H and O–H groups in total. The van der Waals surface area contributed by atoms with Gasteiger partial charge in [0.1, 0.15) is 11.5 Å². The standard InChI is InChI=1S/C15H15N5O3S/c1-7-13(14(23)20-15(16-7)17-9(3)19-20)18-12(22)5-10-4-11(8(2)21)24-6-10/h4,6H,5H2,1-3H3,(H,18,22)(H,16,17,19). The number of ketones is 1. The molecule has 3 rings (SSSR count). The first-order chi connectivity index (χ1) is 11.3. The third-order valence-corrected chi connectivity index (χ3v) is 4.50. The van der Waals surface area contributed by atoms with Crippen LogP contribution in [0.15, 0.2) is 16.2 Å². The van der Waals surface area contributed by atoms with Crippen molar-refractivity contribution in [3.8, 4) is 0 Å². The number of fused-ring (bicyclic) bond motifs is 1. The second-order valence-corrected chi connectivity index (χ2v) is 6.33. The predicted octanol–water partition coefficient (Wildman–Crippen LogP) is 1.48. The molecule has 0 aromatic carbocycles. The summed E-state index contributed by atoms with van der Waals surface area (Å²) in [4.78, 5) is 44.9. The summed E-state index contributed by atoms with van der Waals surface area (Å²) >= 11 is 1.30. The summed E-state index contributed by atoms with van der Waals surface area (Å²) in [6, 6.07) is 1.69. The minimum Gasteiger partial charge on any atom is -0.320 e. The average Bonchev–Trinajstić information content (AvgIpc) is 3.10. The zero-order chi connectivity index (χ0) is 17.4. The molecule has 8 nitrogen and oxygen atoms in total. The van der Waals surface area contributed by atoms with Crippen molar-refractivity contribution in [2.75, 3.05) is 5.32 Å². The highest BCUT2D eigenvalue weighted by Crippen LogP contribution is 2.16. The van der Waals surface area contributed by atoms with E-state index >= 15 is 0 Å². The zero-order valence-electron chi connectivity index (χ0n) is 13.3. The summed E-state index contributed by atoms with van der Waals surface area (Å²) < 4.78 is 1.19. The number of hydrogen-bond donors (Lipinski definition) is 2.